The molecule has 0 aliphatic heterocycles. The maximum absolute atomic E-state index is 4.58. The third-order valence-corrected chi connectivity index (χ3v) is 3.89. The number of aromatic nitrogens is 2. The average Bonchev–Trinajstić information content (AvgIpc) is 3.14. The standard InChI is InChI=1S/C13H22N4/c1-9-12(8-14-10-4-5-10)13(17(3)15-9)16(2)11-6-7-11/h10-11,14H,4-8H2,1-3H3. The van der Waals surface area contributed by atoms with Crippen LogP contribution in [0.1, 0.15) is 36.9 Å². The number of aryl methyl sites for hydroxylation is 2. The zero-order valence-electron chi connectivity index (χ0n) is 11.0. The van der Waals surface area contributed by atoms with Gasteiger partial charge in [-0.05, 0) is 32.6 Å². The minimum atomic E-state index is 0.740. The highest BCUT2D eigenvalue weighted by molar-refractivity contribution is 5.51. The van der Waals surface area contributed by atoms with Crippen molar-refractivity contribution in [3.63, 3.8) is 0 Å². The van der Waals surface area contributed by atoms with E-state index in [0.717, 1.165) is 18.6 Å². The fourth-order valence-corrected chi connectivity index (χ4v) is 2.51. The van der Waals surface area contributed by atoms with Crippen LogP contribution >= 0.6 is 0 Å². The maximum Gasteiger partial charge on any atom is 0.131 e. The molecule has 1 aromatic rings. The number of hydrogen-bond acceptors (Lipinski definition) is 3. The summed E-state index contributed by atoms with van der Waals surface area (Å²) in [5.74, 6) is 1.30. The fraction of sp³-hybridized carbons (Fsp3) is 0.769. The van der Waals surface area contributed by atoms with Gasteiger partial charge in [0.25, 0.3) is 0 Å². The molecule has 1 N–H and O–H groups in total. The third-order valence-electron chi connectivity index (χ3n) is 3.89. The zero-order chi connectivity index (χ0) is 12.0. The van der Waals surface area contributed by atoms with Crippen molar-refractivity contribution in [2.24, 2.45) is 7.05 Å². The fourth-order valence-electron chi connectivity index (χ4n) is 2.51. The van der Waals surface area contributed by atoms with Crippen LogP contribution in [0.15, 0.2) is 0 Å². The first-order valence-electron chi connectivity index (χ1n) is 6.65. The van der Waals surface area contributed by atoms with Gasteiger partial charge in [0, 0.05) is 38.3 Å². The second kappa shape index (κ2) is 4.02. The predicted octanol–water partition coefficient (Wildman–Crippen LogP) is 1.58. The van der Waals surface area contributed by atoms with Crippen molar-refractivity contribution in [3.8, 4) is 0 Å². The van der Waals surface area contributed by atoms with Crippen LogP contribution in [0, 0.1) is 6.92 Å². The van der Waals surface area contributed by atoms with E-state index in [1.807, 2.05) is 4.68 Å². The maximum atomic E-state index is 4.58. The molecule has 0 spiro atoms. The molecule has 2 aliphatic rings. The van der Waals surface area contributed by atoms with Crippen LogP contribution in [-0.4, -0.2) is 28.9 Å². The van der Waals surface area contributed by atoms with Gasteiger partial charge in [-0.2, -0.15) is 5.10 Å². The zero-order valence-corrected chi connectivity index (χ0v) is 11.0. The lowest BCUT2D eigenvalue weighted by Crippen LogP contribution is -2.25. The highest BCUT2D eigenvalue weighted by Gasteiger charge is 2.30. The van der Waals surface area contributed by atoms with Crippen LogP contribution in [0.2, 0.25) is 0 Å². The van der Waals surface area contributed by atoms with E-state index in [1.54, 1.807) is 0 Å². The van der Waals surface area contributed by atoms with Crippen LogP contribution in [0.4, 0.5) is 5.82 Å². The third kappa shape index (κ3) is 2.18. The van der Waals surface area contributed by atoms with Gasteiger partial charge in [-0.25, -0.2) is 0 Å². The molecule has 0 bridgehead atoms. The molecule has 2 fully saturated rings. The number of anilines is 1. The molecule has 94 valence electrons. The molecule has 4 nitrogen and oxygen atoms in total. The molecule has 0 saturated heterocycles. The van der Waals surface area contributed by atoms with Crippen molar-refractivity contribution >= 4 is 5.82 Å². The SMILES string of the molecule is Cc1nn(C)c(N(C)C2CC2)c1CNC1CC1. The number of nitrogens with zero attached hydrogens (tertiary/aromatic N) is 3. The van der Waals surface area contributed by atoms with Crippen LogP contribution in [0.25, 0.3) is 0 Å². The summed E-state index contributed by atoms with van der Waals surface area (Å²) >= 11 is 0. The summed E-state index contributed by atoms with van der Waals surface area (Å²) in [6.45, 7) is 3.09. The van der Waals surface area contributed by atoms with Gasteiger partial charge in [0.1, 0.15) is 5.82 Å². The molecule has 1 aromatic heterocycles. The highest BCUT2D eigenvalue weighted by atomic mass is 15.4. The first kappa shape index (κ1) is 11.1. The van der Waals surface area contributed by atoms with E-state index >= 15 is 0 Å². The molecule has 0 amide bonds. The number of hydrogen-bond donors (Lipinski definition) is 1. The van der Waals surface area contributed by atoms with E-state index in [2.05, 4.69) is 36.3 Å². The molecule has 0 aromatic carbocycles. The summed E-state index contributed by atoms with van der Waals surface area (Å²) in [6, 6.07) is 1.50. The summed E-state index contributed by atoms with van der Waals surface area (Å²) in [5.41, 5.74) is 2.55. The highest BCUT2D eigenvalue weighted by Crippen LogP contribution is 2.33. The van der Waals surface area contributed by atoms with Crippen molar-refractivity contribution in [3.05, 3.63) is 11.3 Å². The summed E-state index contributed by atoms with van der Waals surface area (Å²) in [4.78, 5) is 2.41. The van der Waals surface area contributed by atoms with E-state index in [9.17, 15) is 0 Å². The van der Waals surface area contributed by atoms with Gasteiger partial charge >= 0.3 is 0 Å². The molecule has 3 rings (SSSR count). The predicted molar refractivity (Wildman–Crippen MR) is 69.2 cm³/mol. The topological polar surface area (TPSA) is 33.1 Å². The Labute approximate surface area is 103 Å². The quantitative estimate of drug-likeness (QED) is 0.839. The van der Waals surface area contributed by atoms with Crippen molar-refractivity contribution in [2.45, 2.75) is 51.2 Å². The van der Waals surface area contributed by atoms with Gasteiger partial charge in [0.15, 0.2) is 0 Å². The second-order valence-electron chi connectivity index (χ2n) is 5.51. The van der Waals surface area contributed by atoms with Crippen molar-refractivity contribution in [1.82, 2.24) is 15.1 Å². The lowest BCUT2D eigenvalue weighted by Gasteiger charge is -2.20. The van der Waals surface area contributed by atoms with Crippen molar-refractivity contribution in [1.29, 1.82) is 0 Å². The molecular formula is C13H22N4. The first-order chi connectivity index (χ1) is 8.16. The first-order valence-corrected chi connectivity index (χ1v) is 6.65. The minimum Gasteiger partial charge on any atom is -0.357 e. The lowest BCUT2D eigenvalue weighted by atomic mass is 10.2. The largest absolute Gasteiger partial charge is 0.357 e. The molecule has 2 aliphatic carbocycles. The Morgan fingerprint density at radius 1 is 1.35 bits per heavy atom. The monoisotopic (exact) mass is 234 g/mol. The average molecular weight is 234 g/mol. The molecule has 4 heteroatoms. The van der Waals surface area contributed by atoms with E-state index in [1.165, 1.54) is 42.8 Å². The lowest BCUT2D eigenvalue weighted by molar-refractivity contribution is 0.679. The van der Waals surface area contributed by atoms with Crippen LogP contribution in [0.5, 0.6) is 0 Å². The van der Waals surface area contributed by atoms with E-state index in [0.29, 0.717) is 0 Å². The van der Waals surface area contributed by atoms with Crippen LogP contribution < -0.4 is 10.2 Å². The minimum absolute atomic E-state index is 0.740. The molecule has 0 radical (unpaired) electrons. The van der Waals surface area contributed by atoms with Gasteiger partial charge < -0.3 is 10.2 Å². The van der Waals surface area contributed by atoms with Crippen molar-refractivity contribution < 1.29 is 0 Å². The summed E-state index contributed by atoms with van der Waals surface area (Å²) < 4.78 is 2.04. The Kier molecular flexibility index (Phi) is 2.62. The molecule has 1 heterocycles. The normalized spacial score (nSPS) is 19.7. The molecule has 0 unspecified atom stereocenters. The van der Waals surface area contributed by atoms with Crippen molar-refractivity contribution in [2.75, 3.05) is 11.9 Å². The summed E-state index contributed by atoms with van der Waals surface area (Å²) in [7, 11) is 4.26. The van der Waals surface area contributed by atoms with E-state index in [-0.39, 0.29) is 0 Å². The Balaban J connectivity index is 1.82. The van der Waals surface area contributed by atoms with Crippen LogP contribution in [-0.2, 0) is 13.6 Å². The Bertz CT molecular complexity index is 415. The van der Waals surface area contributed by atoms with Gasteiger partial charge in [0.05, 0.1) is 5.69 Å². The Hall–Kier alpha value is -1.03. The summed E-state index contributed by atoms with van der Waals surface area (Å²) in [5, 5.41) is 8.18. The molecule has 0 atom stereocenters. The van der Waals surface area contributed by atoms with Crippen LogP contribution in [0.3, 0.4) is 0 Å². The van der Waals surface area contributed by atoms with Gasteiger partial charge in [-0.1, -0.05) is 0 Å². The van der Waals surface area contributed by atoms with Gasteiger partial charge in [-0.15, -0.1) is 0 Å². The second-order valence-corrected chi connectivity index (χ2v) is 5.51. The van der Waals surface area contributed by atoms with E-state index < -0.39 is 0 Å². The number of nitrogens with one attached hydrogen (secondary N) is 1. The van der Waals surface area contributed by atoms with Gasteiger partial charge in [0.2, 0.25) is 0 Å². The summed E-state index contributed by atoms with van der Waals surface area (Å²) in [6.07, 6.45) is 5.34. The molecular weight excluding hydrogens is 212 g/mol. The number of rotatable bonds is 5. The molecule has 2 saturated carbocycles. The Morgan fingerprint density at radius 2 is 2.06 bits per heavy atom. The Morgan fingerprint density at radius 3 is 2.65 bits per heavy atom. The van der Waals surface area contributed by atoms with E-state index in [4.69, 9.17) is 0 Å². The van der Waals surface area contributed by atoms with Gasteiger partial charge in [-0.3, -0.25) is 4.68 Å². The molecule has 17 heavy (non-hydrogen) atoms. The smallest absolute Gasteiger partial charge is 0.131 e.